The lowest BCUT2D eigenvalue weighted by Gasteiger charge is -2.18. The summed E-state index contributed by atoms with van der Waals surface area (Å²) in [6.45, 7) is 3.39. The number of hydrogen-bond acceptors (Lipinski definition) is 5. The maximum atomic E-state index is 12.1. The van der Waals surface area contributed by atoms with E-state index in [0.29, 0.717) is 18.3 Å². The number of halogens is 1. The Hall–Kier alpha value is -0.720. The van der Waals surface area contributed by atoms with Gasteiger partial charge in [0.25, 0.3) is 5.56 Å². The van der Waals surface area contributed by atoms with Gasteiger partial charge in [-0.05, 0) is 26.8 Å². The molecule has 114 valence electrons. The van der Waals surface area contributed by atoms with Gasteiger partial charge in [-0.3, -0.25) is 4.79 Å². The van der Waals surface area contributed by atoms with Gasteiger partial charge in [-0.25, -0.2) is 4.68 Å². The number of likely N-dealkylation sites (N-methyl/N-ethyl adjacent to an activating group) is 1. The molecule has 0 amide bonds. The SMILES string of the molecule is CCC(CSC)Nc1cnn(CCN(C)C)c(=O)c1Cl. The van der Waals surface area contributed by atoms with E-state index in [9.17, 15) is 4.79 Å². The van der Waals surface area contributed by atoms with Gasteiger partial charge in [0.15, 0.2) is 0 Å². The lowest BCUT2D eigenvalue weighted by molar-refractivity contribution is 0.367. The molecular formula is C13H23ClN4OS. The summed E-state index contributed by atoms with van der Waals surface area (Å²) in [5.74, 6) is 0.969. The van der Waals surface area contributed by atoms with Crippen molar-refractivity contribution < 1.29 is 0 Å². The highest BCUT2D eigenvalue weighted by Crippen LogP contribution is 2.18. The fraction of sp³-hybridized carbons (Fsp3) is 0.692. The number of rotatable bonds is 8. The number of hydrogen-bond donors (Lipinski definition) is 1. The number of thioether (sulfide) groups is 1. The highest BCUT2D eigenvalue weighted by molar-refractivity contribution is 7.98. The molecule has 1 aromatic rings. The first-order valence-corrected chi connectivity index (χ1v) is 8.42. The summed E-state index contributed by atoms with van der Waals surface area (Å²) in [5, 5.41) is 7.69. The third kappa shape index (κ3) is 5.00. The van der Waals surface area contributed by atoms with Crippen molar-refractivity contribution in [2.24, 2.45) is 0 Å². The van der Waals surface area contributed by atoms with E-state index in [4.69, 9.17) is 11.6 Å². The first kappa shape index (κ1) is 17.3. The minimum Gasteiger partial charge on any atom is -0.379 e. The van der Waals surface area contributed by atoms with Gasteiger partial charge >= 0.3 is 0 Å². The predicted octanol–water partition coefficient (Wildman–Crippen LogP) is 2.01. The van der Waals surface area contributed by atoms with Crippen LogP contribution in [0.4, 0.5) is 5.69 Å². The van der Waals surface area contributed by atoms with Crippen molar-refractivity contribution in [1.82, 2.24) is 14.7 Å². The summed E-state index contributed by atoms with van der Waals surface area (Å²) in [7, 11) is 3.91. The van der Waals surface area contributed by atoms with Crippen LogP contribution < -0.4 is 10.9 Å². The average Bonchev–Trinajstić information content (AvgIpc) is 2.42. The maximum Gasteiger partial charge on any atom is 0.287 e. The van der Waals surface area contributed by atoms with Crippen molar-refractivity contribution in [2.75, 3.05) is 38.0 Å². The Labute approximate surface area is 129 Å². The minimum absolute atomic E-state index is 0.221. The molecule has 1 N–H and O–H groups in total. The molecule has 1 unspecified atom stereocenters. The first-order valence-electron chi connectivity index (χ1n) is 6.65. The van der Waals surface area contributed by atoms with Crippen LogP contribution in [0.3, 0.4) is 0 Å². The average molecular weight is 319 g/mol. The monoisotopic (exact) mass is 318 g/mol. The van der Waals surface area contributed by atoms with Gasteiger partial charge in [0.05, 0.1) is 18.4 Å². The molecule has 0 spiro atoms. The second-order valence-electron chi connectivity index (χ2n) is 4.91. The van der Waals surface area contributed by atoms with Crippen molar-refractivity contribution in [3.05, 3.63) is 21.6 Å². The Kier molecular flexibility index (Phi) is 7.40. The van der Waals surface area contributed by atoms with Crippen molar-refractivity contribution in [2.45, 2.75) is 25.9 Å². The van der Waals surface area contributed by atoms with E-state index in [-0.39, 0.29) is 10.6 Å². The molecule has 0 aliphatic heterocycles. The van der Waals surface area contributed by atoms with Crippen LogP contribution in [-0.2, 0) is 6.54 Å². The molecule has 0 aliphatic rings. The number of anilines is 1. The molecule has 1 aromatic heterocycles. The van der Waals surface area contributed by atoms with Crippen LogP contribution in [0, 0.1) is 0 Å². The zero-order chi connectivity index (χ0) is 15.1. The predicted molar refractivity (Wildman–Crippen MR) is 88.1 cm³/mol. The van der Waals surface area contributed by atoms with Crippen LogP contribution in [0.5, 0.6) is 0 Å². The smallest absolute Gasteiger partial charge is 0.287 e. The molecule has 1 rings (SSSR count). The van der Waals surface area contributed by atoms with Gasteiger partial charge in [-0.2, -0.15) is 16.9 Å². The van der Waals surface area contributed by atoms with E-state index >= 15 is 0 Å². The Balaban J connectivity index is 2.85. The highest BCUT2D eigenvalue weighted by atomic mass is 35.5. The summed E-state index contributed by atoms with van der Waals surface area (Å²) in [6.07, 6.45) is 4.67. The number of nitrogens with one attached hydrogen (secondary N) is 1. The highest BCUT2D eigenvalue weighted by Gasteiger charge is 2.12. The van der Waals surface area contributed by atoms with E-state index < -0.39 is 0 Å². The molecule has 1 heterocycles. The zero-order valence-electron chi connectivity index (χ0n) is 12.5. The van der Waals surface area contributed by atoms with Gasteiger partial charge < -0.3 is 10.2 Å². The van der Waals surface area contributed by atoms with Crippen LogP contribution in [0.2, 0.25) is 5.02 Å². The molecule has 20 heavy (non-hydrogen) atoms. The number of aromatic nitrogens is 2. The quantitative estimate of drug-likeness (QED) is 0.794. The Morgan fingerprint density at radius 3 is 2.80 bits per heavy atom. The van der Waals surface area contributed by atoms with Crippen LogP contribution in [0.25, 0.3) is 0 Å². The van der Waals surface area contributed by atoms with Gasteiger partial charge in [-0.15, -0.1) is 0 Å². The van der Waals surface area contributed by atoms with E-state index in [1.807, 2.05) is 19.0 Å². The number of nitrogens with zero attached hydrogens (tertiary/aromatic N) is 3. The van der Waals surface area contributed by atoms with Gasteiger partial charge in [-0.1, -0.05) is 18.5 Å². The zero-order valence-corrected chi connectivity index (χ0v) is 14.1. The van der Waals surface area contributed by atoms with Crippen LogP contribution in [-0.4, -0.2) is 53.4 Å². The summed E-state index contributed by atoms with van der Waals surface area (Å²) in [4.78, 5) is 14.1. The maximum absolute atomic E-state index is 12.1. The topological polar surface area (TPSA) is 50.2 Å². The molecule has 5 nitrogen and oxygen atoms in total. The standard InChI is InChI=1S/C13H23ClN4OS/c1-5-10(9-20-4)16-11-8-15-18(7-6-17(2)3)13(19)12(11)14/h8,10,16H,5-7,9H2,1-4H3. The molecule has 0 aliphatic carbocycles. The van der Waals surface area contributed by atoms with E-state index in [2.05, 4.69) is 23.6 Å². The summed E-state index contributed by atoms with van der Waals surface area (Å²) in [6, 6.07) is 0.293. The largest absolute Gasteiger partial charge is 0.379 e. The summed E-state index contributed by atoms with van der Waals surface area (Å²) in [5.41, 5.74) is 0.385. The van der Waals surface area contributed by atoms with E-state index in [1.54, 1.807) is 18.0 Å². The first-order chi connectivity index (χ1) is 9.49. The van der Waals surface area contributed by atoms with Crippen molar-refractivity contribution in [1.29, 1.82) is 0 Å². The summed E-state index contributed by atoms with van der Waals surface area (Å²) < 4.78 is 1.41. The van der Waals surface area contributed by atoms with Crippen molar-refractivity contribution >= 4 is 29.1 Å². The third-order valence-electron chi connectivity index (χ3n) is 2.96. The van der Waals surface area contributed by atoms with Gasteiger partial charge in [0.2, 0.25) is 0 Å². The minimum atomic E-state index is -0.238. The van der Waals surface area contributed by atoms with Crippen LogP contribution in [0.1, 0.15) is 13.3 Å². The lowest BCUT2D eigenvalue weighted by atomic mass is 10.2. The van der Waals surface area contributed by atoms with Crippen molar-refractivity contribution in [3.63, 3.8) is 0 Å². The molecule has 0 saturated carbocycles. The summed E-state index contributed by atoms with van der Waals surface area (Å²) >= 11 is 7.92. The normalized spacial score (nSPS) is 12.7. The lowest BCUT2D eigenvalue weighted by Crippen LogP contribution is -2.30. The molecule has 0 fully saturated rings. The molecular weight excluding hydrogens is 296 g/mol. The fourth-order valence-corrected chi connectivity index (χ4v) is 2.62. The Morgan fingerprint density at radius 2 is 2.25 bits per heavy atom. The molecule has 1 atom stereocenters. The van der Waals surface area contributed by atoms with E-state index in [0.717, 1.165) is 18.7 Å². The second-order valence-corrected chi connectivity index (χ2v) is 6.20. The van der Waals surface area contributed by atoms with E-state index in [1.165, 1.54) is 4.68 Å². The van der Waals surface area contributed by atoms with Crippen molar-refractivity contribution in [3.8, 4) is 0 Å². The Morgan fingerprint density at radius 1 is 1.55 bits per heavy atom. The molecule has 0 saturated heterocycles. The fourth-order valence-electron chi connectivity index (χ4n) is 1.70. The van der Waals surface area contributed by atoms with Crippen LogP contribution >= 0.6 is 23.4 Å². The van der Waals surface area contributed by atoms with Crippen LogP contribution in [0.15, 0.2) is 11.0 Å². The Bertz CT molecular complexity index is 478. The second kappa shape index (κ2) is 8.54. The van der Waals surface area contributed by atoms with Gasteiger partial charge in [0.1, 0.15) is 5.02 Å². The molecule has 0 bridgehead atoms. The molecule has 0 radical (unpaired) electrons. The molecule has 0 aromatic carbocycles. The third-order valence-corrected chi connectivity index (χ3v) is 4.07. The molecule has 7 heteroatoms. The van der Waals surface area contributed by atoms with Gasteiger partial charge in [0, 0.05) is 18.3 Å².